The van der Waals surface area contributed by atoms with Crippen LogP contribution in [0, 0.1) is 0 Å². The monoisotopic (exact) mass is 276 g/mol. The van der Waals surface area contributed by atoms with E-state index in [2.05, 4.69) is 41.4 Å². The standard InChI is InChI=1S/C17H28N2O/c1-3-17(18-2)15-8-7-9-16(14-15)20-13-12-19-10-5-4-6-11-19/h7-9,14,17-18H,3-6,10-13H2,1-2H3. The van der Waals surface area contributed by atoms with Gasteiger partial charge in [-0.2, -0.15) is 0 Å². The number of nitrogens with zero attached hydrogens (tertiary/aromatic N) is 1. The number of nitrogens with one attached hydrogen (secondary N) is 1. The molecular weight excluding hydrogens is 248 g/mol. The smallest absolute Gasteiger partial charge is 0.119 e. The number of benzene rings is 1. The molecule has 1 N–H and O–H groups in total. The van der Waals surface area contributed by atoms with Crippen molar-refractivity contribution in [2.24, 2.45) is 0 Å². The zero-order chi connectivity index (χ0) is 14.2. The highest BCUT2D eigenvalue weighted by molar-refractivity contribution is 5.30. The Hall–Kier alpha value is -1.06. The Bertz CT molecular complexity index is 384. The summed E-state index contributed by atoms with van der Waals surface area (Å²) in [5.74, 6) is 0.994. The third-order valence-electron chi connectivity index (χ3n) is 4.14. The van der Waals surface area contributed by atoms with Crippen LogP contribution in [0.2, 0.25) is 0 Å². The quantitative estimate of drug-likeness (QED) is 0.827. The molecule has 0 aromatic heterocycles. The average molecular weight is 276 g/mol. The van der Waals surface area contributed by atoms with Gasteiger partial charge in [0.1, 0.15) is 12.4 Å². The number of rotatable bonds is 7. The molecule has 1 unspecified atom stereocenters. The lowest BCUT2D eigenvalue weighted by Crippen LogP contribution is -2.33. The van der Waals surface area contributed by atoms with Crippen molar-refractivity contribution in [3.8, 4) is 5.75 Å². The Labute approximate surface area is 123 Å². The molecule has 112 valence electrons. The average Bonchev–Trinajstić information content (AvgIpc) is 2.50. The molecule has 1 fully saturated rings. The summed E-state index contributed by atoms with van der Waals surface area (Å²) >= 11 is 0. The summed E-state index contributed by atoms with van der Waals surface area (Å²) in [6.07, 6.45) is 5.17. The maximum Gasteiger partial charge on any atom is 0.119 e. The van der Waals surface area contributed by atoms with E-state index in [0.717, 1.165) is 25.3 Å². The van der Waals surface area contributed by atoms with Gasteiger partial charge in [-0.25, -0.2) is 0 Å². The fourth-order valence-electron chi connectivity index (χ4n) is 2.90. The Kier molecular flexibility index (Phi) is 6.34. The SMILES string of the molecule is CCC(NC)c1cccc(OCCN2CCCCC2)c1. The maximum absolute atomic E-state index is 5.92. The first-order valence-corrected chi connectivity index (χ1v) is 7.96. The molecule has 0 bridgehead atoms. The number of likely N-dealkylation sites (tertiary alicyclic amines) is 1. The van der Waals surface area contributed by atoms with Crippen LogP contribution < -0.4 is 10.1 Å². The van der Waals surface area contributed by atoms with Crippen molar-refractivity contribution < 1.29 is 4.74 Å². The summed E-state index contributed by atoms with van der Waals surface area (Å²) in [5, 5.41) is 3.34. The van der Waals surface area contributed by atoms with Gasteiger partial charge in [0.25, 0.3) is 0 Å². The molecule has 1 aliphatic rings. The zero-order valence-electron chi connectivity index (χ0n) is 12.9. The lowest BCUT2D eigenvalue weighted by atomic mass is 10.0. The molecule has 0 radical (unpaired) electrons. The Morgan fingerprint density at radius 3 is 2.75 bits per heavy atom. The summed E-state index contributed by atoms with van der Waals surface area (Å²) in [7, 11) is 2.01. The van der Waals surface area contributed by atoms with Gasteiger partial charge in [-0.3, -0.25) is 4.90 Å². The fourth-order valence-corrected chi connectivity index (χ4v) is 2.90. The van der Waals surface area contributed by atoms with Crippen molar-refractivity contribution in [2.45, 2.75) is 38.6 Å². The van der Waals surface area contributed by atoms with E-state index < -0.39 is 0 Å². The number of piperidine rings is 1. The van der Waals surface area contributed by atoms with Crippen molar-refractivity contribution in [3.05, 3.63) is 29.8 Å². The van der Waals surface area contributed by atoms with Crippen LogP contribution in [0.5, 0.6) is 5.75 Å². The number of hydrogen-bond donors (Lipinski definition) is 1. The van der Waals surface area contributed by atoms with E-state index in [0.29, 0.717) is 6.04 Å². The molecule has 20 heavy (non-hydrogen) atoms. The van der Waals surface area contributed by atoms with E-state index in [9.17, 15) is 0 Å². The Morgan fingerprint density at radius 2 is 2.05 bits per heavy atom. The molecule has 1 saturated heterocycles. The fraction of sp³-hybridized carbons (Fsp3) is 0.647. The van der Waals surface area contributed by atoms with Gasteiger partial charge >= 0.3 is 0 Å². The Morgan fingerprint density at radius 1 is 1.25 bits per heavy atom. The second-order valence-corrected chi connectivity index (χ2v) is 5.57. The molecule has 1 aromatic carbocycles. The van der Waals surface area contributed by atoms with E-state index >= 15 is 0 Å². The maximum atomic E-state index is 5.92. The van der Waals surface area contributed by atoms with Gasteiger partial charge in [-0.1, -0.05) is 25.5 Å². The van der Waals surface area contributed by atoms with Crippen molar-refractivity contribution >= 4 is 0 Å². The lowest BCUT2D eigenvalue weighted by Gasteiger charge is -2.26. The molecule has 1 heterocycles. The molecule has 0 aliphatic carbocycles. The van der Waals surface area contributed by atoms with E-state index in [1.54, 1.807) is 0 Å². The molecule has 1 aromatic rings. The second kappa shape index (κ2) is 8.28. The van der Waals surface area contributed by atoms with Gasteiger partial charge in [-0.05, 0) is 57.1 Å². The topological polar surface area (TPSA) is 24.5 Å². The van der Waals surface area contributed by atoms with E-state index in [4.69, 9.17) is 4.74 Å². The van der Waals surface area contributed by atoms with Gasteiger partial charge in [0.2, 0.25) is 0 Å². The normalized spacial score (nSPS) is 17.9. The molecule has 0 saturated carbocycles. The zero-order valence-corrected chi connectivity index (χ0v) is 12.9. The summed E-state index contributed by atoms with van der Waals surface area (Å²) in [6.45, 7) is 6.51. The van der Waals surface area contributed by atoms with Gasteiger partial charge in [0, 0.05) is 12.6 Å². The summed E-state index contributed by atoms with van der Waals surface area (Å²) in [6, 6.07) is 8.90. The molecule has 0 amide bonds. The minimum absolute atomic E-state index is 0.417. The van der Waals surface area contributed by atoms with Crippen LogP contribution in [0.1, 0.15) is 44.2 Å². The van der Waals surface area contributed by atoms with Crippen LogP contribution in [0.4, 0.5) is 0 Å². The second-order valence-electron chi connectivity index (χ2n) is 5.57. The molecular formula is C17H28N2O. The van der Waals surface area contributed by atoms with E-state index in [-0.39, 0.29) is 0 Å². The van der Waals surface area contributed by atoms with Gasteiger partial charge in [0.05, 0.1) is 0 Å². The van der Waals surface area contributed by atoms with Crippen LogP contribution in [-0.2, 0) is 0 Å². The first-order valence-electron chi connectivity index (χ1n) is 7.96. The summed E-state index contributed by atoms with van der Waals surface area (Å²) in [4.78, 5) is 2.51. The molecule has 3 heteroatoms. The minimum Gasteiger partial charge on any atom is -0.492 e. The van der Waals surface area contributed by atoms with Crippen molar-refractivity contribution in [2.75, 3.05) is 33.3 Å². The number of ether oxygens (including phenoxy) is 1. The molecule has 3 nitrogen and oxygen atoms in total. The summed E-state index contributed by atoms with van der Waals surface area (Å²) in [5.41, 5.74) is 1.31. The largest absolute Gasteiger partial charge is 0.492 e. The third kappa shape index (κ3) is 4.50. The predicted molar refractivity (Wildman–Crippen MR) is 84.3 cm³/mol. The van der Waals surface area contributed by atoms with Crippen LogP contribution in [0.3, 0.4) is 0 Å². The molecule has 0 spiro atoms. The van der Waals surface area contributed by atoms with Crippen LogP contribution in [0.15, 0.2) is 24.3 Å². The first-order chi connectivity index (χ1) is 9.83. The van der Waals surface area contributed by atoms with E-state index in [1.165, 1.54) is 37.9 Å². The molecule has 1 atom stereocenters. The van der Waals surface area contributed by atoms with Crippen molar-refractivity contribution in [1.29, 1.82) is 0 Å². The highest BCUT2D eigenvalue weighted by Gasteiger charge is 2.10. The first kappa shape index (κ1) is 15.3. The van der Waals surface area contributed by atoms with E-state index in [1.807, 2.05) is 7.05 Å². The summed E-state index contributed by atoms with van der Waals surface area (Å²) < 4.78 is 5.92. The van der Waals surface area contributed by atoms with Crippen LogP contribution >= 0.6 is 0 Å². The van der Waals surface area contributed by atoms with Gasteiger partial charge in [0.15, 0.2) is 0 Å². The van der Waals surface area contributed by atoms with Crippen LogP contribution in [-0.4, -0.2) is 38.2 Å². The number of hydrogen-bond acceptors (Lipinski definition) is 3. The van der Waals surface area contributed by atoms with Gasteiger partial charge in [-0.15, -0.1) is 0 Å². The molecule has 2 rings (SSSR count). The highest BCUT2D eigenvalue weighted by Crippen LogP contribution is 2.21. The third-order valence-corrected chi connectivity index (χ3v) is 4.14. The van der Waals surface area contributed by atoms with Gasteiger partial charge < -0.3 is 10.1 Å². The van der Waals surface area contributed by atoms with Crippen LogP contribution in [0.25, 0.3) is 0 Å². The van der Waals surface area contributed by atoms with Crippen molar-refractivity contribution in [1.82, 2.24) is 10.2 Å². The lowest BCUT2D eigenvalue weighted by molar-refractivity contribution is 0.183. The Balaban J connectivity index is 1.81. The predicted octanol–water partition coefficient (Wildman–Crippen LogP) is 3.22. The highest BCUT2D eigenvalue weighted by atomic mass is 16.5. The minimum atomic E-state index is 0.417. The van der Waals surface area contributed by atoms with Crippen molar-refractivity contribution in [3.63, 3.8) is 0 Å². The molecule has 1 aliphatic heterocycles.